The van der Waals surface area contributed by atoms with Crippen LogP contribution in [-0.4, -0.2) is 5.84 Å². The van der Waals surface area contributed by atoms with Crippen molar-refractivity contribution in [2.75, 3.05) is 0 Å². The molecular formula is C61H44N2. The molecule has 0 heterocycles. The van der Waals surface area contributed by atoms with Crippen LogP contribution in [0.15, 0.2) is 248 Å². The molecule has 0 fully saturated rings. The molecule has 10 aromatic rings. The van der Waals surface area contributed by atoms with Gasteiger partial charge in [-0.3, -0.25) is 0 Å². The Morgan fingerprint density at radius 2 is 0.921 bits per heavy atom. The van der Waals surface area contributed by atoms with Gasteiger partial charge in [-0.05, 0) is 89.2 Å². The lowest BCUT2D eigenvalue weighted by molar-refractivity contribution is 0.770. The summed E-state index contributed by atoms with van der Waals surface area (Å²) in [6.07, 6.45) is 2.92. The molecule has 0 amide bonds. The summed E-state index contributed by atoms with van der Waals surface area (Å²) in [6.45, 7) is 0. The van der Waals surface area contributed by atoms with Crippen molar-refractivity contribution in [2.45, 2.75) is 11.8 Å². The van der Waals surface area contributed by atoms with Crippen LogP contribution in [0.4, 0.5) is 0 Å². The molecule has 0 bridgehead atoms. The molecule has 0 aromatic heterocycles. The number of nitrogens with two attached hydrogens (primary N) is 1. The Kier molecular flexibility index (Phi) is 9.67. The molecular weight excluding hydrogens is 761 g/mol. The van der Waals surface area contributed by atoms with E-state index in [-0.39, 0.29) is 0 Å². The third kappa shape index (κ3) is 6.47. The van der Waals surface area contributed by atoms with Crippen LogP contribution in [0.3, 0.4) is 0 Å². The second-order valence-corrected chi connectivity index (χ2v) is 16.3. The highest BCUT2D eigenvalue weighted by atomic mass is 14.9. The molecule has 0 aliphatic heterocycles. The van der Waals surface area contributed by atoms with Gasteiger partial charge in [-0.1, -0.05) is 243 Å². The summed E-state index contributed by atoms with van der Waals surface area (Å²) in [7, 11) is 0. The highest BCUT2D eigenvalue weighted by Gasteiger charge is 2.47. The van der Waals surface area contributed by atoms with Gasteiger partial charge < -0.3 is 5.73 Å². The minimum absolute atomic E-state index is 0.478. The van der Waals surface area contributed by atoms with Crippen molar-refractivity contribution in [2.24, 2.45) is 10.7 Å². The molecule has 10 aromatic carbocycles. The maximum atomic E-state index is 6.90. The molecule has 2 nitrogen and oxygen atoms in total. The van der Waals surface area contributed by atoms with E-state index in [4.69, 9.17) is 10.7 Å². The zero-order valence-corrected chi connectivity index (χ0v) is 34.8. The maximum absolute atomic E-state index is 6.90. The first-order valence-electron chi connectivity index (χ1n) is 21.7. The molecule has 298 valence electrons. The van der Waals surface area contributed by atoms with Crippen LogP contribution in [-0.2, 0) is 11.8 Å². The summed E-state index contributed by atoms with van der Waals surface area (Å²) in [4.78, 5) is 5.28. The van der Waals surface area contributed by atoms with Crippen LogP contribution in [0.2, 0.25) is 0 Å². The van der Waals surface area contributed by atoms with Gasteiger partial charge in [-0.25, -0.2) is 4.99 Å². The first kappa shape index (κ1) is 37.9. The minimum Gasteiger partial charge on any atom is -0.383 e. The first-order valence-corrected chi connectivity index (χ1v) is 21.7. The molecule has 0 atom stereocenters. The molecule has 1 aliphatic rings. The van der Waals surface area contributed by atoms with Crippen molar-refractivity contribution in [3.8, 4) is 33.4 Å². The lowest BCUT2D eigenvalue weighted by atomic mass is 9.66. The third-order valence-electron chi connectivity index (χ3n) is 12.9. The van der Waals surface area contributed by atoms with E-state index in [0.29, 0.717) is 12.3 Å². The maximum Gasteiger partial charge on any atom is 0.131 e. The monoisotopic (exact) mass is 804 g/mol. The molecule has 0 saturated carbocycles. The van der Waals surface area contributed by atoms with Gasteiger partial charge in [-0.15, -0.1) is 0 Å². The van der Waals surface area contributed by atoms with Crippen LogP contribution in [0.5, 0.6) is 0 Å². The van der Waals surface area contributed by atoms with E-state index in [1.165, 1.54) is 72.0 Å². The molecule has 0 spiro atoms. The highest BCUT2D eigenvalue weighted by molar-refractivity contribution is 6.07. The second-order valence-electron chi connectivity index (χ2n) is 16.3. The van der Waals surface area contributed by atoms with Gasteiger partial charge in [0, 0.05) is 11.1 Å². The quantitative estimate of drug-likeness (QED) is 0.115. The van der Waals surface area contributed by atoms with Gasteiger partial charge in [0.2, 0.25) is 0 Å². The summed E-state index contributed by atoms with van der Waals surface area (Å²) in [5.74, 6) is 0.478. The summed E-state index contributed by atoms with van der Waals surface area (Å²) in [5.41, 5.74) is 22.8. The average molecular weight is 805 g/mol. The summed E-state index contributed by atoms with van der Waals surface area (Å²) in [5, 5.41) is 4.74. The Bertz CT molecular complexity index is 3320. The predicted octanol–water partition coefficient (Wildman–Crippen LogP) is 14.7. The normalized spacial score (nSPS) is 13.2. The Labute approximate surface area is 369 Å². The smallest absolute Gasteiger partial charge is 0.131 e. The van der Waals surface area contributed by atoms with Crippen molar-refractivity contribution in [1.82, 2.24) is 0 Å². The van der Waals surface area contributed by atoms with E-state index in [2.05, 4.69) is 212 Å². The molecule has 0 radical (unpaired) electrons. The topological polar surface area (TPSA) is 38.4 Å². The molecule has 11 rings (SSSR count). The number of rotatable bonds is 9. The van der Waals surface area contributed by atoms with Gasteiger partial charge in [0.15, 0.2) is 0 Å². The summed E-state index contributed by atoms with van der Waals surface area (Å²) in [6, 6.07) is 85.2. The number of hydrogen-bond donors (Lipinski definition) is 1. The van der Waals surface area contributed by atoms with E-state index < -0.39 is 5.41 Å². The van der Waals surface area contributed by atoms with Crippen molar-refractivity contribution in [3.05, 3.63) is 282 Å². The van der Waals surface area contributed by atoms with Crippen LogP contribution < -0.4 is 5.73 Å². The SMILES string of the molecule is NC(=N/C(=C\Cc1ccccc1-c1cccc2ccccc12)c1ccc(-c2cccc3c2C(c2ccccc2)(c2ccccc2)c2ccccc2-3)c2ccccc12)c1ccccc1. The average Bonchev–Trinajstić information content (AvgIpc) is 3.67. The number of nitrogens with zero attached hydrogens (tertiary/aromatic N) is 1. The fourth-order valence-corrected chi connectivity index (χ4v) is 10.1. The second kappa shape index (κ2) is 16.1. The van der Waals surface area contributed by atoms with E-state index in [9.17, 15) is 0 Å². The van der Waals surface area contributed by atoms with Crippen LogP contribution >= 0.6 is 0 Å². The molecule has 0 saturated heterocycles. The van der Waals surface area contributed by atoms with Crippen LogP contribution in [0, 0.1) is 0 Å². The lowest BCUT2D eigenvalue weighted by Gasteiger charge is -2.35. The van der Waals surface area contributed by atoms with Crippen molar-refractivity contribution in [1.29, 1.82) is 0 Å². The summed E-state index contributed by atoms with van der Waals surface area (Å²) < 4.78 is 0. The Hall–Kier alpha value is -8.07. The summed E-state index contributed by atoms with van der Waals surface area (Å²) >= 11 is 0. The fourth-order valence-electron chi connectivity index (χ4n) is 10.1. The van der Waals surface area contributed by atoms with E-state index in [1.54, 1.807) is 0 Å². The zero-order valence-electron chi connectivity index (χ0n) is 34.8. The predicted molar refractivity (Wildman–Crippen MR) is 265 cm³/mol. The largest absolute Gasteiger partial charge is 0.383 e. The van der Waals surface area contributed by atoms with E-state index in [1.807, 2.05) is 30.3 Å². The van der Waals surface area contributed by atoms with Crippen molar-refractivity contribution in [3.63, 3.8) is 0 Å². The van der Waals surface area contributed by atoms with Crippen LogP contribution in [0.25, 0.3) is 60.6 Å². The van der Waals surface area contributed by atoms with Gasteiger partial charge in [0.25, 0.3) is 0 Å². The fraction of sp³-hybridized carbons (Fsp3) is 0.0328. The Morgan fingerprint density at radius 3 is 1.67 bits per heavy atom. The lowest BCUT2D eigenvalue weighted by Crippen LogP contribution is -2.29. The van der Waals surface area contributed by atoms with Crippen molar-refractivity contribution >= 4 is 33.1 Å². The van der Waals surface area contributed by atoms with Gasteiger partial charge in [0.1, 0.15) is 5.84 Å². The molecule has 0 unspecified atom stereocenters. The number of fused-ring (bicyclic) bond motifs is 5. The molecule has 2 N–H and O–H groups in total. The number of hydrogen-bond acceptors (Lipinski definition) is 1. The van der Waals surface area contributed by atoms with Crippen LogP contribution in [0.1, 0.15) is 38.9 Å². The number of amidine groups is 1. The number of benzene rings is 10. The van der Waals surface area contributed by atoms with Gasteiger partial charge in [-0.2, -0.15) is 0 Å². The van der Waals surface area contributed by atoms with Gasteiger partial charge >= 0.3 is 0 Å². The van der Waals surface area contributed by atoms with Gasteiger partial charge in [0.05, 0.1) is 11.1 Å². The zero-order chi connectivity index (χ0) is 42.2. The Morgan fingerprint density at radius 1 is 0.413 bits per heavy atom. The number of aliphatic imine (C=N–C) groups is 1. The van der Waals surface area contributed by atoms with E-state index >= 15 is 0 Å². The standard InChI is InChI=1S/C61H44N2/c62-60(44-22-4-1-5-23-44)63-58(41-38-43-21-11-13-30-48(43)49-34-18-24-42-20-10-12-29-47(42)49)54-40-39-52(50-31-14-15-32-51(50)54)55-35-19-36-56-53-33-16-17-37-57(53)61(59(55)56,45-25-6-2-7-26-45)46-27-8-3-9-28-46/h1-37,39-41H,38H2,(H2,62,63)/b58-41-. The number of allylic oxidation sites excluding steroid dienone is 1. The molecule has 2 heteroatoms. The first-order chi connectivity index (χ1) is 31.2. The molecule has 1 aliphatic carbocycles. The van der Waals surface area contributed by atoms with E-state index in [0.717, 1.165) is 27.6 Å². The van der Waals surface area contributed by atoms with Crippen molar-refractivity contribution < 1.29 is 0 Å². The minimum atomic E-state index is -0.540. The Balaban J connectivity index is 1.12. The third-order valence-corrected chi connectivity index (χ3v) is 12.9. The molecule has 63 heavy (non-hydrogen) atoms. The highest BCUT2D eigenvalue weighted by Crippen LogP contribution is 2.59.